The molecule has 0 rings (SSSR count). The first-order valence-electron chi connectivity index (χ1n) is 5.37. The first-order valence-corrected chi connectivity index (χ1v) is 5.37. The summed E-state index contributed by atoms with van der Waals surface area (Å²) in [5.41, 5.74) is 0. The van der Waals surface area contributed by atoms with E-state index < -0.39 is 30.7 Å². The summed E-state index contributed by atoms with van der Waals surface area (Å²) in [6, 6.07) is -0.234. The molecule has 2 amide bonds. The zero-order valence-electron chi connectivity index (χ0n) is 10.3. The van der Waals surface area contributed by atoms with Crippen LogP contribution < -0.4 is 5.32 Å². The lowest BCUT2D eigenvalue weighted by atomic mass is 10.3. The van der Waals surface area contributed by atoms with Crippen LogP contribution in [0.3, 0.4) is 0 Å². The van der Waals surface area contributed by atoms with Crippen molar-refractivity contribution in [3.63, 3.8) is 0 Å². The molecule has 0 radical (unpaired) electrons. The number of carbonyl (C=O) groups excluding carboxylic acids is 2. The molecule has 0 aromatic rings. The first kappa shape index (κ1) is 16.7. The minimum absolute atomic E-state index is 0.234. The number of nitrogens with one attached hydrogen (secondary N) is 1. The zero-order valence-corrected chi connectivity index (χ0v) is 10.3. The van der Waals surface area contributed by atoms with Gasteiger partial charge in [0.15, 0.2) is 0 Å². The minimum Gasteiger partial charge on any atom is -0.352 e. The van der Waals surface area contributed by atoms with Crippen LogP contribution in [0.15, 0.2) is 0 Å². The maximum atomic E-state index is 12.8. The molecule has 106 valence electrons. The Morgan fingerprint density at radius 2 is 1.78 bits per heavy atom. The predicted molar refractivity (Wildman–Crippen MR) is 56.5 cm³/mol. The van der Waals surface area contributed by atoms with Crippen molar-refractivity contribution in [1.82, 2.24) is 10.2 Å². The molecule has 1 N–H and O–H groups in total. The quantitative estimate of drug-likeness (QED) is 0.740. The smallest absolute Gasteiger partial charge is 0.352 e. The van der Waals surface area contributed by atoms with Gasteiger partial charge in [-0.2, -0.15) is 8.78 Å². The number of nitrogens with zero attached hydrogens (tertiary/aromatic N) is 1. The molecule has 4 nitrogen and oxygen atoms in total. The van der Waals surface area contributed by atoms with Crippen molar-refractivity contribution in [2.75, 3.05) is 13.1 Å². The highest BCUT2D eigenvalue weighted by molar-refractivity contribution is 5.88. The Hall–Kier alpha value is -1.34. The van der Waals surface area contributed by atoms with E-state index in [1.165, 1.54) is 6.92 Å². The number of rotatable bonds is 6. The van der Waals surface area contributed by atoms with Crippen LogP contribution in [-0.2, 0) is 9.59 Å². The number of alkyl halides is 4. The van der Waals surface area contributed by atoms with E-state index in [-0.39, 0.29) is 12.6 Å². The Morgan fingerprint density at radius 3 is 2.11 bits per heavy atom. The molecule has 0 saturated heterocycles. The number of hydrogen-bond acceptors (Lipinski definition) is 2. The summed E-state index contributed by atoms with van der Waals surface area (Å²) in [5.74, 6) is -7.49. The average Bonchev–Trinajstić information content (AvgIpc) is 2.23. The number of carbonyl (C=O) groups is 2. The molecule has 0 aromatic carbocycles. The standard InChI is InChI=1S/C10H16F4N2O2/c1-4-16(5-7(17)15-6(2)3)9(18)10(13,14)8(11)12/h6,8H,4-5H2,1-3H3,(H,15,17). The molecular weight excluding hydrogens is 256 g/mol. The van der Waals surface area contributed by atoms with Gasteiger partial charge in [0.25, 0.3) is 5.91 Å². The summed E-state index contributed by atoms with van der Waals surface area (Å²) in [5, 5.41) is 2.38. The number of hydrogen-bond donors (Lipinski definition) is 1. The highest BCUT2D eigenvalue weighted by atomic mass is 19.3. The van der Waals surface area contributed by atoms with Gasteiger partial charge in [-0.25, -0.2) is 8.78 Å². The Labute approximate surface area is 102 Å². The maximum Gasteiger partial charge on any atom is 0.383 e. The molecule has 0 aliphatic heterocycles. The average molecular weight is 272 g/mol. The maximum absolute atomic E-state index is 12.8. The molecule has 0 aliphatic rings. The van der Waals surface area contributed by atoms with Crippen molar-refractivity contribution >= 4 is 11.8 Å². The van der Waals surface area contributed by atoms with E-state index in [0.29, 0.717) is 4.90 Å². The van der Waals surface area contributed by atoms with Gasteiger partial charge in [-0.15, -0.1) is 0 Å². The van der Waals surface area contributed by atoms with Crippen LogP contribution in [0.5, 0.6) is 0 Å². The molecule has 0 atom stereocenters. The lowest BCUT2D eigenvalue weighted by molar-refractivity contribution is -0.181. The van der Waals surface area contributed by atoms with Crippen LogP contribution in [0.25, 0.3) is 0 Å². The molecule has 0 bridgehead atoms. The molecule has 0 fully saturated rings. The monoisotopic (exact) mass is 272 g/mol. The van der Waals surface area contributed by atoms with Crippen molar-refractivity contribution in [3.05, 3.63) is 0 Å². The van der Waals surface area contributed by atoms with Gasteiger partial charge in [0, 0.05) is 12.6 Å². The van der Waals surface area contributed by atoms with E-state index in [2.05, 4.69) is 5.32 Å². The van der Waals surface area contributed by atoms with Crippen molar-refractivity contribution in [2.24, 2.45) is 0 Å². The molecule has 0 spiro atoms. The normalized spacial score (nSPS) is 11.8. The van der Waals surface area contributed by atoms with E-state index >= 15 is 0 Å². The number of halogens is 4. The summed E-state index contributed by atoms with van der Waals surface area (Å²) in [6.07, 6.45) is -4.09. The van der Waals surface area contributed by atoms with E-state index in [0.717, 1.165) is 0 Å². The SMILES string of the molecule is CCN(CC(=O)NC(C)C)C(=O)C(F)(F)C(F)F. The lowest BCUT2D eigenvalue weighted by Crippen LogP contribution is -2.51. The second-order valence-corrected chi connectivity index (χ2v) is 3.97. The van der Waals surface area contributed by atoms with Crippen LogP contribution in [0.1, 0.15) is 20.8 Å². The van der Waals surface area contributed by atoms with Gasteiger partial charge >= 0.3 is 12.3 Å². The van der Waals surface area contributed by atoms with Gasteiger partial charge in [-0.3, -0.25) is 9.59 Å². The van der Waals surface area contributed by atoms with Crippen LogP contribution in [-0.4, -0.2) is 48.2 Å². The number of likely N-dealkylation sites (N-methyl/N-ethyl adjacent to an activating group) is 1. The zero-order chi connectivity index (χ0) is 14.5. The predicted octanol–water partition coefficient (Wildman–Crippen LogP) is 1.26. The summed E-state index contributed by atoms with van der Waals surface area (Å²) in [4.78, 5) is 22.9. The second kappa shape index (κ2) is 6.55. The van der Waals surface area contributed by atoms with Gasteiger partial charge in [0.1, 0.15) is 0 Å². The van der Waals surface area contributed by atoms with Gasteiger partial charge in [-0.1, -0.05) is 0 Å². The lowest BCUT2D eigenvalue weighted by Gasteiger charge is -2.25. The van der Waals surface area contributed by atoms with Crippen molar-refractivity contribution in [3.8, 4) is 0 Å². The fourth-order valence-electron chi connectivity index (χ4n) is 1.17. The van der Waals surface area contributed by atoms with Crippen LogP contribution >= 0.6 is 0 Å². The van der Waals surface area contributed by atoms with E-state index in [4.69, 9.17) is 0 Å². The molecule has 0 aliphatic carbocycles. The van der Waals surface area contributed by atoms with E-state index in [9.17, 15) is 27.2 Å². The Morgan fingerprint density at radius 1 is 1.28 bits per heavy atom. The molecule has 0 aromatic heterocycles. The molecule has 8 heteroatoms. The summed E-state index contributed by atoms with van der Waals surface area (Å²) >= 11 is 0. The second-order valence-electron chi connectivity index (χ2n) is 3.97. The van der Waals surface area contributed by atoms with E-state index in [1.54, 1.807) is 13.8 Å². The molecule has 0 saturated carbocycles. The van der Waals surface area contributed by atoms with Gasteiger partial charge in [0.05, 0.1) is 6.54 Å². The largest absolute Gasteiger partial charge is 0.383 e. The third-order valence-corrected chi connectivity index (χ3v) is 2.01. The highest BCUT2D eigenvalue weighted by Crippen LogP contribution is 2.25. The molecule has 18 heavy (non-hydrogen) atoms. The van der Waals surface area contributed by atoms with E-state index in [1.807, 2.05) is 0 Å². The Bertz CT molecular complexity index is 308. The van der Waals surface area contributed by atoms with Crippen molar-refractivity contribution in [2.45, 2.75) is 39.2 Å². The van der Waals surface area contributed by atoms with Crippen LogP contribution in [0.2, 0.25) is 0 Å². The summed E-state index contributed by atoms with van der Waals surface area (Å²) in [7, 11) is 0. The Kier molecular flexibility index (Phi) is 6.07. The third kappa shape index (κ3) is 4.50. The van der Waals surface area contributed by atoms with Crippen molar-refractivity contribution < 1.29 is 27.2 Å². The Balaban J connectivity index is 4.69. The fraction of sp³-hybridized carbons (Fsp3) is 0.800. The van der Waals surface area contributed by atoms with Gasteiger partial charge in [-0.05, 0) is 20.8 Å². The third-order valence-electron chi connectivity index (χ3n) is 2.01. The highest BCUT2D eigenvalue weighted by Gasteiger charge is 2.51. The number of amides is 2. The minimum atomic E-state index is -4.77. The van der Waals surface area contributed by atoms with Crippen molar-refractivity contribution in [1.29, 1.82) is 0 Å². The topological polar surface area (TPSA) is 49.4 Å². The molecule has 0 unspecified atom stereocenters. The van der Waals surface area contributed by atoms with Crippen LogP contribution in [0.4, 0.5) is 17.6 Å². The molecule has 0 heterocycles. The first-order chi connectivity index (χ1) is 8.12. The van der Waals surface area contributed by atoms with Crippen LogP contribution in [0, 0.1) is 0 Å². The van der Waals surface area contributed by atoms with Gasteiger partial charge in [0.2, 0.25) is 5.91 Å². The summed E-state index contributed by atoms with van der Waals surface area (Å²) < 4.78 is 49.7. The summed E-state index contributed by atoms with van der Waals surface area (Å²) in [6.45, 7) is 3.68. The molecular formula is C10H16F4N2O2. The fourth-order valence-corrected chi connectivity index (χ4v) is 1.17. The van der Waals surface area contributed by atoms with Gasteiger partial charge < -0.3 is 10.2 Å².